The fraction of sp³-hybridized carbons (Fsp3) is 0.692. The van der Waals surface area contributed by atoms with Gasteiger partial charge in [-0.25, -0.2) is 0 Å². The summed E-state index contributed by atoms with van der Waals surface area (Å²) in [7, 11) is 0. The van der Waals surface area contributed by atoms with Gasteiger partial charge >= 0.3 is 0 Å². The van der Waals surface area contributed by atoms with Gasteiger partial charge in [0.2, 0.25) is 11.8 Å². The molecule has 0 aliphatic rings. The minimum absolute atomic E-state index is 0.204. The predicted octanol–water partition coefficient (Wildman–Crippen LogP) is 0.720. The minimum Gasteiger partial charge on any atom is -0.383 e. The van der Waals surface area contributed by atoms with Crippen LogP contribution in [0.4, 0.5) is 0 Å². The Morgan fingerprint density at radius 2 is 1.89 bits per heavy atom. The van der Waals surface area contributed by atoms with Crippen molar-refractivity contribution in [2.24, 2.45) is 11.7 Å². The number of carbonyl (C=O) groups excluding carboxylic acids is 2. The highest BCUT2D eigenvalue weighted by atomic mass is 16.3. The Labute approximate surface area is 108 Å². The van der Waals surface area contributed by atoms with Crippen molar-refractivity contribution in [1.82, 2.24) is 5.32 Å². The Balaban J connectivity index is 4.45. The number of hydrogen-bond donors (Lipinski definition) is 3. The molecule has 104 valence electrons. The van der Waals surface area contributed by atoms with E-state index in [1.54, 1.807) is 0 Å². The van der Waals surface area contributed by atoms with Crippen LogP contribution in [0.1, 0.15) is 40.5 Å². The zero-order chi connectivity index (χ0) is 14.3. The fourth-order valence-corrected chi connectivity index (χ4v) is 1.42. The van der Waals surface area contributed by atoms with Gasteiger partial charge in [0.1, 0.15) is 12.1 Å². The number of primary amides is 1. The highest BCUT2D eigenvalue weighted by molar-refractivity contribution is 5.88. The Bertz CT molecular complexity index is 320. The molecule has 2 atom stereocenters. The molecular formula is C13H24N2O3. The molecule has 2 amide bonds. The van der Waals surface area contributed by atoms with Crippen molar-refractivity contribution in [3.05, 3.63) is 11.6 Å². The molecule has 5 nitrogen and oxygen atoms in total. The zero-order valence-corrected chi connectivity index (χ0v) is 11.6. The van der Waals surface area contributed by atoms with Crippen LogP contribution >= 0.6 is 0 Å². The van der Waals surface area contributed by atoms with Crippen LogP contribution in [0.5, 0.6) is 0 Å². The minimum atomic E-state index is -1.10. The molecule has 0 saturated heterocycles. The molecule has 0 fully saturated rings. The van der Waals surface area contributed by atoms with Gasteiger partial charge < -0.3 is 16.2 Å². The van der Waals surface area contributed by atoms with Crippen molar-refractivity contribution in [2.75, 3.05) is 0 Å². The second kappa shape index (κ2) is 7.87. The smallest absolute Gasteiger partial charge is 0.249 e. The van der Waals surface area contributed by atoms with E-state index >= 15 is 0 Å². The van der Waals surface area contributed by atoms with Gasteiger partial charge in [0.05, 0.1) is 0 Å². The third-order valence-corrected chi connectivity index (χ3v) is 2.42. The van der Waals surface area contributed by atoms with E-state index in [1.165, 1.54) is 0 Å². The van der Waals surface area contributed by atoms with Gasteiger partial charge in [-0.05, 0) is 32.6 Å². The topological polar surface area (TPSA) is 92.4 Å². The molecule has 0 rings (SSSR count). The third kappa shape index (κ3) is 7.06. The number of carbonyl (C=O) groups is 2. The SMILES string of the molecule is CC(C)=CC[C@@H](NC(=O)[C@H](O)CC(C)C)C(N)=O. The van der Waals surface area contributed by atoms with Crippen LogP contribution in [0, 0.1) is 5.92 Å². The molecule has 0 aromatic rings. The Hall–Kier alpha value is -1.36. The number of allylic oxidation sites excluding steroid dienone is 1. The van der Waals surface area contributed by atoms with Crippen LogP contribution in [0.15, 0.2) is 11.6 Å². The van der Waals surface area contributed by atoms with Gasteiger partial charge in [0.25, 0.3) is 0 Å². The van der Waals surface area contributed by atoms with Gasteiger partial charge in [0, 0.05) is 0 Å². The summed E-state index contributed by atoms with van der Waals surface area (Å²) in [4.78, 5) is 22.8. The molecular weight excluding hydrogens is 232 g/mol. The van der Waals surface area contributed by atoms with E-state index in [4.69, 9.17) is 5.73 Å². The first kappa shape index (κ1) is 16.6. The lowest BCUT2D eigenvalue weighted by Gasteiger charge is -2.18. The van der Waals surface area contributed by atoms with E-state index < -0.39 is 24.0 Å². The summed E-state index contributed by atoms with van der Waals surface area (Å²) < 4.78 is 0. The molecule has 0 aromatic carbocycles. The number of hydrogen-bond acceptors (Lipinski definition) is 3. The molecule has 0 aliphatic carbocycles. The summed E-state index contributed by atoms with van der Waals surface area (Å²) >= 11 is 0. The zero-order valence-electron chi connectivity index (χ0n) is 11.6. The summed E-state index contributed by atoms with van der Waals surface area (Å²) in [6.07, 6.45) is 1.43. The van der Waals surface area contributed by atoms with Gasteiger partial charge in [-0.3, -0.25) is 9.59 Å². The molecule has 0 saturated carbocycles. The number of rotatable bonds is 7. The molecule has 4 N–H and O–H groups in total. The van der Waals surface area contributed by atoms with Crippen molar-refractivity contribution in [2.45, 2.75) is 52.7 Å². The fourth-order valence-electron chi connectivity index (χ4n) is 1.42. The highest BCUT2D eigenvalue weighted by Gasteiger charge is 2.22. The van der Waals surface area contributed by atoms with Crippen molar-refractivity contribution in [3.8, 4) is 0 Å². The average Bonchev–Trinajstić information content (AvgIpc) is 2.21. The normalized spacial score (nSPS) is 13.9. The molecule has 0 spiro atoms. The second-order valence-corrected chi connectivity index (χ2v) is 5.13. The molecule has 0 heterocycles. The third-order valence-electron chi connectivity index (χ3n) is 2.42. The van der Waals surface area contributed by atoms with Crippen LogP contribution in [-0.4, -0.2) is 29.1 Å². The van der Waals surface area contributed by atoms with E-state index in [2.05, 4.69) is 5.32 Å². The van der Waals surface area contributed by atoms with E-state index in [0.717, 1.165) is 5.57 Å². The average molecular weight is 256 g/mol. The highest BCUT2D eigenvalue weighted by Crippen LogP contribution is 2.05. The van der Waals surface area contributed by atoms with Crippen molar-refractivity contribution < 1.29 is 14.7 Å². The maximum absolute atomic E-state index is 11.6. The summed E-state index contributed by atoms with van der Waals surface area (Å²) in [5, 5.41) is 12.1. The van der Waals surface area contributed by atoms with E-state index in [1.807, 2.05) is 33.8 Å². The molecule has 0 unspecified atom stereocenters. The van der Waals surface area contributed by atoms with Gasteiger partial charge in [-0.15, -0.1) is 0 Å². The molecule has 0 aliphatic heterocycles. The number of aliphatic hydroxyl groups is 1. The standard InChI is InChI=1S/C13H24N2O3/c1-8(2)5-6-10(12(14)17)15-13(18)11(16)7-9(3)4/h5,9-11,16H,6-7H2,1-4H3,(H2,14,17)(H,15,18)/t10-,11-/m1/s1. The van der Waals surface area contributed by atoms with Crippen LogP contribution < -0.4 is 11.1 Å². The van der Waals surface area contributed by atoms with Crippen LogP contribution in [0.3, 0.4) is 0 Å². The maximum Gasteiger partial charge on any atom is 0.249 e. The van der Waals surface area contributed by atoms with Crippen LogP contribution in [0.2, 0.25) is 0 Å². The van der Waals surface area contributed by atoms with Crippen molar-refractivity contribution in [3.63, 3.8) is 0 Å². The van der Waals surface area contributed by atoms with Gasteiger partial charge in [-0.2, -0.15) is 0 Å². The first-order chi connectivity index (χ1) is 8.23. The number of amides is 2. The number of nitrogens with one attached hydrogen (secondary N) is 1. The monoisotopic (exact) mass is 256 g/mol. The second-order valence-electron chi connectivity index (χ2n) is 5.13. The summed E-state index contributed by atoms with van der Waals surface area (Å²) in [6.45, 7) is 7.61. The maximum atomic E-state index is 11.6. The first-order valence-electron chi connectivity index (χ1n) is 6.15. The molecule has 0 bridgehead atoms. The van der Waals surface area contributed by atoms with E-state index in [0.29, 0.717) is 12.8 Å². The van der Waals surface area contributed by atoms with Crippen molar-refractivity contribution in [1.29, 1.82) is 0 Å². The lowest BCUT2D eigenvalue weighted by molar-refractivity contribution is -0.133. The quantitative estimate of drug-likeness (QED) is 0.586. The van der Waals surface area contributed by atoms with Crippen LogP contribution in [0.25, 0.3) is 0 Å². The first-order valence-corrected chi connectivity index (χ1v) is 6.15. The molecule has 0 aromatic heterocycles. The molecule has 0 radical (unpaired) electrons. The summed E-state index contributed by atoms with van der Waals surface area (Å²) in [5.41, 5.74) is 6.25. The van der Waals surface area contributed by atoms with Gasteiger partial charge in [0.15, 0.2) is 0 Å². The van der Waals surface area contributed by atoms with Gasteiger partial charge in [-0.1, -0.05) is 25.5 Å². The van der Waals surface area contributed by atoms with E-state index in [9.17, 15) is 14.7 Å². The summed E-state index contributed by atoms with van der Waals surface area (Å²) in [6, 6.07) is -0.769. The molecule has 5 heteroatoms. The lowest BCUT2D eigenvalue weighted by atomic mass is 10.0. The predicted molar refractivity (Wildman–Crippen MR) is 70.6 cm³/mol. The molecule has 18 heavy (non-hydrogen) atoms. The number of nitrogens with two attached hydrogens (primary N) is 1. The van der Waals surface area contributed by atoms with Crippen molar-refractivity contribution >= 4 is 11.8 Å². The Kier molecular flexibility index (Phi) is 7.27. The lowest BCUT2D eigenvalue weighted by Crippen LogP contribution is -2.48. The van der Waals surface area contributed by atoms with E-state index in [-0.39, 0.29) is 5.92 Å². The number of aliphatic hydroxyl groups excluding tert-OH is 1. The Morgan fingerprint density at radius 1 is 1.33 bits per heavy atom. The van der Waals surface area contributed by atoms with Crippen LogP contribution in [-0.2, 0) is 9.59 Å². The summed E-state index contributed by atoms with van der Waals surface area (Å²) in [5.74, 6) is -0.942. The Morgan fingerprint density at radius 3 is 2.28 bits per heavy atom. The largest absolute Gasteiger partial charge is 0.383 e.